The molecule has 0 aromatic heterocycles. The average Bonchev–Trinajstić information content (AvgIpc) is 3.23. The molecule has 0 bridgehead atoms. The lowest BCUT2D eigenvalue weighted by Gasteiger charge is -2.38. The Morgan fingerprint density at radius 2 is 1.73 bits per heavy atom. The first-order valence-corrected chi connectivity index (χ1v) is 11.2. The molecule has 2 aliphatic heterocycles. The molecule has 2 heterocycles. The van der Waals surface area contributed by atoms with Crippen molar-refractivity contribution in [2.24, 2.45) is 0 Å². The fraction of sp³-hybridized carbons (Fsp3) is 0.333. The molecule has 2 aromatic rings. The molecule has 0 atom stereocenters. The van der Waals surface area contributed by atoms with Gasteiger partial charge in [0.2, 0.25) is 0 Å². The molecule has 0 radical (unpaired) electrons. The van der Waals surface area contributed by atoms with Crippen molar-refractivity contribution in [3.8, 4) is 5.75 Å². The van der Waals surface area contributed by atoms with Crippen LogP contribution in [0, 0.1) is 5.82 Å². The maximum absolute atomic E-state index is 13.7. The number of rotatable bonds is 5. The van der Waals surface area contributed by atoms with Crippen molar-refractivity contribution >= 4 is 27.7 Å². The third-order valence-corrected chi connectivity index (χ3v) is 7.78. The number of carbonyl (C=O) groups is 2. The molecule has 2 aromatic carbocycles. The summed E-state index contributed by atoms with van der Waals surface area (Å²) in [6.07, 6.45) is 2.51. The Bertz CT molecular complexity index is 1090. The highest BCUT2D eigenvalue weighted by molar-refractivity contribution is 7.92. The van der Waals surface area contributed by atoms with E-state index in [-0.39, 0.29) is 35.4 Å². The molecule has 30 heavy (non-hydrogen) atoms. The van der Waals surface area contributed by atoms with Gasteiger partial charge in [0.1, 0.15) is 5.25 Å². The summed E-state index contributed by atoms with van der Waals surface area (Å²) in [6, 6.07) is 8.73. The van der Waals surface area contributed by atoms with E-state index in [0.717, 1.165) is 43.8 Å². The molecule has 9 heteroatoms. The number of aromatic hydroxyl groups is 1. The van der Waals surface area contributed by atoms with Gasteiger partial charge in [-0.15, -0.1) is 0 Å². The molecule has 0 unspecified atom stereocenters. The largest absolute Gasteiger partial charge is 0.504 e. The number of phenolic OH excluding ortho intramolecular Hbond substituents is 1. The lowest BCUT2D eigenvalue weighted by molar-refractivity contribution is 0.0658. The van der Waals surface area contributed by atoms with E-state index in [2.05, 4.69) is 4.90 Å². The summed E-state index contributed by atoms with van der Waals surface area (Å²) in [5.74, 6) is -2.48. The van der Waals surface area contributed by atoms with E-state index < -0.39 is 32.6 Å². The highest BCUT2D eigenvalue weighted by Crippen LogP contribution is 2.29. The normalized spacial score (nSPS) is 17.1. The molecule has 1 amide bonds. The third-order valence-electron chi connectivity index (χ3n) is 5.68. The van der Waals surface area contributed by atoms with Crippen LogP contribution in [0.2, 0.25) is 0 Å². The number of sulfone groups is 1. The summed E-state index contributed by atoms with van der Waals surface area (Å²) < 4.78 is 39.4. The second kappa shape index (κ2) is 7.71. The van der Waals surface area contributed by atoms with Crippen LogP contribution in [-0.2, 0) is 9.84 Å². The predicted molar refractivity (Wildman–Crippen MR) is 108 cm³/mol. The number of phenols is 1. The fourth-order valence-electron chi connectivity index (χ4n) is 3.83. The highest BCUT2D eigenvalue weighted by atomic mass is 32.2. The Morgan fingerprint density at radius 1 is 1.10 bits per heavy atom. The molecule has 4 rings (SSSR count). The number of hydrogen-bond acceptors (Lipinski definition) is 6. The van der Waals surface area contributed by atoms with Crippen molar-refractivity contribution in [2.75, 3.05) is 31.1 Å². The number of aldehydes is 1. The van der Waals surface area contributed by atoms with Crippen LogP contribution in [0.3, 0.4) is 0 Å². The summed E-state index contributed by atoms with van der Waals surface area (Å²) in [5, 5.41) is 8.72. The third kappa shape index (κ3) is 3.54. The van der Waals surface area contributed by atoms with Gasteiger partial charge in [-0.05, 0) is 49.2 Å². The molecule has 2 aliphatic rings. The van der Waals surface area contributed by atoms with E-state index in [9.17, 15) is 27.5 Å². The minimum Gasteiger partial charge on any atom is -0.504 e. The van der Waals surface area contributed by atoms with Crippen molar-refractivity contribution in [1.82, 2.24) is 4.90 Å². The summed E-state index contributed by atoms with van der Waals surface area (Å²) in [5.41, 5.74) is 0.552. The maximum atomic E-state index is 13.7. The van der Waals surface area contributed by atoms with Crippen LogP contribution >= 0.6 is 0 Å². The predicted octanol–water partition coefficient (Wildman–Crippen LogP) is 2.24. The molecule has 0 saturated carbocycles. The number of amides is 1. The number of anilines is 1. The number of likely N-dealkylation sites (tertiary alicyclic amines) is 1. The van der Waals surface area contributed by atoms with Gasteiger partial charge in [0.05, 0.1) is 10.5 Å². The van der Waals surface area contributed by atoms with Crippen molar-refractivity contribution < 1.29 is 27.5 Å². The summed E-state index contributed by atoms with van der Waals surface area (Å²) in [7, 11) is -3.60. The van der Waals surface area contributed by atoms with E-state index in [0.29, 0.717) is 0 Å². The Balaban J connectivity index is 1.45. The zero-order valence-electron chi connectivity index (χ0n) is 16.1. The van der Waals surface area contributed by atoms with Crippen LogP contribution in [-0.4, -0.2) is 62.0 Å². The quantitative estimate of drug-likeness (QED) is 0.729. The monoisotopic (exact) mass is 432 g/mol. The van der Waals surface area contributed by atoms with E-state index in [4.69, 9.17) is 0 Å². The van der Waals surface area contributed by atoms with Gasteiger partial charge in [-0.25, -0.2) is 12.8 Å². The fourth-order valence-corrected chi connectivity index (χ4v) is 5.48. The minimum atomic E-state index is -3.60. The summed E-state index contributed by atoms with van der Waals surface area (Å²) >= 11 is 0. The lowest BCUT2D eigenvalue weighted by atomic mass is 10.1. The van der Waals surface area contributed by atoms with Crippen LogP contribution in [0.4, 0.5) is 10.1 Å². The zero-order chi connectivity index (χ0) is 21.5. The van der Waals surface area contributed by atoms with Crippen LogP contribution in [0.5, 0.6) is 5.75 Å². The summed E-state index contributed by atoms with van der Waals surface area (Å²) in [4.78, 5) is 27.1. The highest BCUT2D eigenvalue weighted by Gasteiger charge is 2.41. The van der Waals surface area contributed by atoms with Gasteiger partial charge in [0.25, 0.3) is 5.91 Å². The first-order chi connectivity index (χ1) is 14.3. The van der Waals surface area contributed by atoms with Crippen molar-refractivity contribution in [1.29, 1.82) is 0 Å². The van der Waals surface area contributed by atoms with Crippen LogP contribution in [0.25, 0.3) is 0 Å². The number of carbonyl (C=O) groups excluding carboxylic acids is 2. The lowest BCUT2D eigenvalue weighted by Crippen LogP contribution is -2.56. The van der Waals surface area contributed by atoms with Crippen LogP contribution in [0.1, 0.15) is 33.6 Å². The van der Waals surface area contributed by atoms with E-state index in [1.165, 1.54) is 4.90 Å². The molecule has 0 spiro atoms. The van der Waals surface area contributed by atoms with Gasteiger partial charge in [-0.2, -0.15) is 0 Å². The van der Waals surface area contributed by atoms with Gasteiger partial charge in [-0.1, -0.05) is 0 Å². The number of halogens is 1. The van der Waals surface area contributed by atoms with Crippen LogP contribution in [0.15, 0.2) is 41.3 Å². The maximum Gasteiger partial charge on any atom is 0.254 e. The van der Waals surface area contributed by atoms with Crippen molar-refractivity contribution in [2.45, 2.75) is 23.0 Å². The van der Waals surface area contributed by atoms with E-state index in [1.54, 1.807) is 24.3 Å². The second-order valence-electron chi connectivity index (χ2n) is 7.58. The van der Waals surface area contributed by atoms with Gasteiger partial charge in [-0.3, -0.25) is 9.59 Å². The number of hydrogen-bond donors (Lipinski definition) is 1. The minimum absolute atomic E-state index is 0.0199. The molecule has 7 nitrogen and oxygen atoms in total. The van der Waals surface area contributed by atoms with Crippen LogP contribution < -0.4 is 4.90 Å². The molecule has 1 N–H and O–H groups in total. The number of nitrogens with zero attached hydrogens (tertiary/aromatic N) is 2. The van der Waals surface area contributed by atoms with Gasteiger partial charge >= 0.3 is 0 Å². The SMILES string of the molecule is O=Cc1cc(C(=O)N2CC(S(=O)(=O)c3ccc(N4CCCC4)cc3)C2)cc(F)c1O. The Kier molecular flexibility index (Phi) is 5.23. The van der Waals surface area contributed by atoms with Gasteiger partial charge in [0, 0.05) is 37.4 Å². The molecule has 2 saturated heterocycles. The average molecular weight is 432 g/mol. The zero-order valence-corrected chi connectivity index (χ0v) is 16.9. The smallest absolute Gasteiger partial charge is 0.254 e. The Morgan fingerprint density at radius 3 is 2.33 bits per heavy atom. The molecule has 2 fully saturated rings. The van der Waals surface area contributed by atoms with E-state index in [1.807, 2.05) is 0 Å². The summed E-state index contributed by atoms with van der Waals surface area (Å²) in [6.45, 7) is 1.90. The van der Waals surface area contributed by atoms with Gasteiger partial charge < -0.3 is 14.9 Å². The standard InChI is InChI=1S/C21H21FN2O5S/c22-19-10-14(9-15(13-25)20(19)26)21(27)24-11-18(12-24)30(28,29)17-5-3-16(4-6-17)23-7-1-2-8-23/h3-6,9-10,13,18,26H,1-2,7-8,11-12H2. The second-order valence-corrected chi connectivity index (χ2v) is 9.81. The van der Waals surface area contributed by atoms with Crippen molar-refractivity contribution in [3.05, 3.63) is 53.3 Å². The molecule has 158 valence electrons. The first-order valence-electron chi connectivity index (χ1n) is 9.67. The Labute approximate surface area is 173 Å². The van der Waals surface area contributed by atoms with Gasteiger partial charge in [0.15, 0.2) is 27.7 Å². The molecular weight excluding hydrogens is 411 g/mol. The first kappa shape index (κ1) is 20.3. The molecular formula is C21H21FN2O5S. The Hall–Kier alpha value is -2.94. The van der Waals surface area contributed by atoms with E-state index >= 15 is 0 Å². The van der Waals surface area contributed by atoms with Crippen molar-refractivity contribution in [3.63, 3.8) is 0 Å². The molecule has 0 aliphatic carbocycles. The topological polar surface area (TPSA) is 95.0 Å². The number of benzene rings is 2.